The highest BCUT2D eigenvalue weighted by Crippen LogP contribution is 2.34. The molecule has 2 heterocycles. The van der Waals surface area contributed by atoms with Crippen LogP contribution in [0.2, 0.25) is 0 Å². The molecule has 1 aromatic rings. The molecule has 0 aromatic heterocycles. The van der Waals surface area contributed by atoms with Gasteiger partial charge in [-0.15, -0.1) is 0 Å². The molecule has 0 spiro atoms. The van der Waals surface area contributed by atoms with E-state index in [-0.39, 0.29) is 17.9 Å². The van der Waals surface area contributed by atoms with Gasteiger partial charge in [-0.3, -0.25) is 4.79 Å². The number of azide groups is 1. The van der Waals surface area contributed by atoms with Gasteiger partial charge < -0.3 is 14.4 Å². The molecule has 0 saturated carbocycles. The number of para-hydroxylation sites is 2. The summed E-state index contributed by atoms with van der Waals surface area (Å²) < 4.78 is 11.5. The number of rotatable bonds is 5. The molecule has 0 aliphatic carbocycles. The van der Waals surface area contributed by atoms with Gasteiger partial charge in [0.1, 0.15) is 11.9 Å². The first-order chi connectivity index (χ1) is 11.3. The van der Waals surface area contributed by atoms with Gasteiger partial charge in [-0.1, -0.05) is 17.2 Å². The quantitative estimate of drug-likeness (QED) is 0.475. The van der Waals surface area contributed by atoms with Crippen LogP contribution in [0, 0.1) is 5.92 Å². The fraction of sp³-hybridized carbons (Fsp3) is 0.562. The van der Waals surface area contributed by atoms with Crippen molar-refractivity contribution in [1.82, 2.24) is 0 Å². The molecule has 0 radical (unpaired) electrons. The minimum Gasteiger partial charge on any atom is -0.488 e. The Morgan fingerprint density at radius 2 is 2.13 bits per heavy atom. The van der Waals surface area contributed by atoms with Crippen LogP contribution in [0.25, 0.3) is 10.4 Å². The molecule has 3 rings (SSSR count). The summed E-state index contributed by atoms with van der Waals surface area (Å²) in [5.74, 6) is 0.845. The second-order valence-electron chi connectivity index (χ2n) is 5.89. The maximum Gasteiger partial charge on any atom is 0.227 e. The number of hydrogen-bond donors (Lipinski definition) is 0. The summed E-state index contributed by atoms with van der Waals surface area (Å²) in [6, 6.07) is 7.62. The zero-order valence-corrected chi connectivity index (χ0v) is 12.9. The summed E-state index contributed by atoms with van der Waals surface area (Å²) in [5, 5.41) is 3.59. The van der Waals surface area contributed by atoms with Crippen molar-refractivity contribution in [2.45, 2.75) is 25.4 Å². The molecule has 2 aliphatic heterocycles. The molecule has 2 saturated heterocycles. The van der Waals surface area contributed by atoms with Crippen LogP contribution in [0.4, 0.5) is 5.69 Å². The molecule has 0 N–H and O–H groups in total. The molecule has 7 heteroatoms. The summed E-state index contributed by atoms with van der Waals surface area (Å²) in [4.78, 5) is 16.8. The minimum absolute atomic E-state index is 0.0474. The van der Waals surface area contributed by atoms with E-state index in [0.717, 1.165) is 24.3 Å². The summed E-state index contributed by atoms with van der Waals surface area (Å²) in [5.41, 5.74) is 9.23. The average molecular weight is 316 g/mol. The van der Waals surface area contributed by atoms with Crippen LogP contribution >= 0.6 is 0 Å². The fourth-order valence-corrected chi connectivity index (χ4v) is 3.04. The van der Waals surface area contributed by atoms with E-state index >= 15 is 0 Å². The topological polar surface area (TPSA) is 87.5 Å². The highest BCUT2D eigenvalue weighted by atomic mass is 16.5. The number of nitrogens with zero attached hydrogens (tertiary/aromatic N) is 4. The number of amides is 1. The molecule has 0 bridgehead atoms. The van der Waals surface area contributed by atoms with Crippen molar-refractivity contribution >= 4 is 11.6 Å². The highest BCUT2D eigenvalue weighted by Gasteiger charge is 2.32. The fourth-order valence-electron chi connectivity index (χ4n) is 3.04. The second-order valence-corrected chi connectivity index (χ2v) is 5.89. The minimum atomic E-state index is 0.0474. The van der Waals surface area contributed by atoms with Crippen LogP contribution < -0.4 is 9.64 Å². The van der Waals surface area contributed by atoms with Gasteiger partial charge in [-0.05, 0) is 23.6 Å². The summed E-state index contributed by atoms with van der Waals surface area (Å²) in [6.07, 6.45) is 2.26. The number of hydrogen-bond acceptors (Lipinski definition) is 4. The predicted octanol–water partition coefficient (Wildman–Crippen LogP) is 2.91. The molecule has 1 aromatic carbocycles. The first kappa shape index (κ1) is 15.6. The summed E-state index contributed by atoms with van der Waals surface area (Å²) in [7, 11) is 0. The van der Waals surface area contributed by atoms with Crippen molar-refractivity contribution in [3.63, 3.8) is 0 Å². The average Bonchev–Trinajstić information content (AvgIpc) is 2.95. The van der Waals surface area contributed by atoms with Crippen molar-refractivity contribution in [2.24, 2.45) is 11.0 Å². The molecule has 2 fully saturated rings. The summed E-state index contributed by atoms with van der Waals surface area (Å²) in [6.45, 7) is 2.33. The monoisotopic (exact) mass is 316 g/mol. The van der Waals surface area contributed by atoms with Gasteiger partial charge in [0, 0.05) is 37.3 Å². The first-order valence-electron chi connectivity index (χ1n) is 7.92. The molecule has 1 amide bonds. The third-order valence-corrected chi connectivity index (χ3v) is 4.23. The Hall–Kier alpha value is -2.24. The van der Waals surface area contributed by atoms with E-state index < -0.39 is 0 Å². The second kappa shape index (κ2) is 7.35. The maximum atomic E-state index is 12.3. The maximum absolute atomic E-state index is 12.3. The van der Waals surface area contributed by atoms with Gasteiger partial charge in [-0.25, -0.2) is 0 Å². The van der Waals surface area contributed by atoms with E-state index in [0.29, 0.717) is 32.7 Å². The van der Waals surface area contributed by atoms with Crippen LogP contribution in [-0.2, 0) is 9.53 Å². The molecular formula is C16H20N4O3. The lowest BCUT2D eigenvalue weighted by Gasteiger charge is -2.26. The first-order valence-corrected chi connectivity index (χ1v) is 7.92. The summed E-state index contributed by atoms with van der Waals surface area (Å²) >= 11 is 0. The highest BCUT2D eigenvalue weighted by molar-refractivity contribution is 5.97. The van der Waals surface area contributed by atoms with Crippen molar-refractivity contribution in [3.05, 3.63) is 34.7 Å². The number of carbonyl (C=O) groups excluding carboxylic acids is 1. The Labute approximate surface area is 134 Å². The van der Waals surface area contributed by atoms with Crippen LogP contribution in [0.1, 0.15) is 19.3 Å². The van der Waals surface area contributed by atoms with E-state index in [1.165, 1.54) is 0 Å². The van der Waals surface area contributed by atoms with Gasteiger partial charge in [-0.2, -0.15) is 0 Å². The van der Waals surface area contributed by atoms with Crippen molar-refractivity contribution in [1.29, 1.82) is 0 Å². The van der Waals surface area contributed by atoms with Gasteiger partial charge in [0.15, 0.2) is 0 Å². The Balaban J connectivity index is 1.74. The van der Waals surface area contributed by atoms with Crippen LogP contribution in [-0.4, -0.2) is 38.3 Å². The largest absolute Gasteiger partial charge is 0.488 e. The molecule has 2 aliphatic rings. The van der Waals surface area contributed by atoms with Crippen LogP contribution in [0.15, 0.2) is 29.4 Å². The Kier molecular flexibility index (Phi) is 5.00. The number of carbonyl (C=O) groups is 1. The predicted molar refractivity (Wildman–Crippen MR) is 85.4 cm³/mol. The Bertz CT molecular complexity index is 609. The van der Waals surface area contributed by atoms with Gasteiger partial charge in [0.25, 0.3) is 0 Å². The van der Waals surface area contributed by atoms with E-state index in [2.05, 4.69) is 10.0 Å². The standard InChI is InChI=1S/C16H20N4O3/c17-19-18-10-12-9-16(21)20(11-12)14-3-1-2-4-15(14)23-13-5-7-22-8-6-13/h1-4,12-13H,5-11H2. The lowest BCUT2D eigenvalue weighted by Crippen LogP contribution is -2.29. The SMILES string of the molecule is [N-]=[N+]=NCC1CC(=O)N(c2ccccc2OC2CCOCC2)C1. The lowest BCUT2D eigenvalue weighted by atomic mass is 10.1. The third-order valence-electron chi connectivity index (χ3n) is 4.23. The smallest absolute Gasteiger partial charge is 0.227 e. The molecule has 1 atom stereocenters. The zero-order chi connectivity index (χ0) is 16.1. The van der Waals surface area contributed by atoms with Gasteiger partial charge in [0.2, 0.25) is 5.91 Å². The third kappa shape index (κ3) is 3.75. The van der Waals surface area contributed by atoms with E-state index in [1.54, 1.807) is 4.90 Å². The lowest BCUT2D eigenvalue weighted by molar-refractivity contribution is -0.117. The number of ether oxygens (including phenoxy) is 2. The molecular weight excluding hydrogens is 296 g/mol. The molecule has 122 valence electrons. The van der Waals surface area contributed by atoms with Gasteiger partial charge >= 0.3 is 0 Å². The Morgan fingerprint density at radius 1 is 1.35 bits per heavy atom. The molecule has 7 nitrogen and oxygen atoms in total. The normalized spacial score (nSPS) is 22.0. The van der Waals surface area contributed by atoms with Crippen molar-refractivity contribution in [2.75, 3.05) is 31.2 Å². The molecule has 1 unspecified atom stereocenters. The van der Waals surface area contributed by atoms with Crippen molar-refractivity contribution < 1.29 is 14.3 Å². The molecule has 23 heavy (non-hydrogen) atoms. The van der Waals surface area contributed by atoms with Crippen LogP contribution in [0.3, 0.4) is 0 Å². The number of anilines is 1. The zero-order valence-electron chi connectivity index (χ0n) is 12.9. The van der Waals surface area contributed by atoms with E-state index in [9.17, 15) is 4.79 Å². The van der Waals surface area contributed by atoms with Crippen molar-refractivity contribution in [3.8, 4) is 5.75 Å². The van der Waals surface area contributed by atoms with Crippen LogP contribution in [0.5, 0.6) is 5.75 Å². The van der Waals surface area contributed by atoms with E-state index in [4.69, 9.17) is 15.0 Å². The number of benzene rings is 1. The van der Waals surface area contributed by atoms with E-state index in [1.807, 2.05) is 24.3 Å². The van der Waals surface area contributed by atoms with Gasteiger partial charge in [0.05, 0.1) is 18.9 Å². The Morgan fingerprint density at radius 3 is 2.91 bits per heavy atom.